The summed E-state index contributed by atoms with van der Waals surface area (Å²) >= 11 is 0. The minimum Gasteiger partial charge on any atom is -0.369 e. The van der Waals surface area contributed by atoms with Gasteiger partial charge in [0.15, 0.2) is 5.95 Å². The van der Waals surface area contributed by atoms with Gasteiger partial charge in [0.25, 0.3) is 0 Å². The monoisotopic (exact) mass is 179 g/mol. The quantitative estimate of drug-likeness (QED) is 0.716. The number of nitrogens with zero attached hydrogens (tertiary/aromatic N) is 2. The Morgan fingerprint density at radius 3 is 2.46 bits per heavy atom. The second-order valence-corrected chi connectivity index (χ2v) is 3.98. The van der Waals surface area contributed by atoms with Gasteiger partial charge >= 0.3 is 0 Å². The molecule has 1 aromatic heterocycles. The van der Waals surface area contributed by atoms with Crippen molar-refractivity contribution in [2.45, 2.75) is 38.5 Å². The summed E-state index contributed by atoms with van der Waals surface area (Å²) in [6.07, 6.45) is 5.27. The molecule has 0 saturated heterocycles. The van der Waals surface area contributed by atoms with Gasteiger partial charge in [-0.2, -0.15) is 0 Å². The number of nitrogen functional groups attached to an aromatic ring is 1. The van der Waals surface area contributed by atoms with Crippen molar-refractivity contribution in [3.63, 3.8) is 0 Å². The average Bonchev–Trinajstić information content (AvgIpc) is 2.70. The molecule has 0 spiro atoms. The molecule has 0 bridgehead atoms. The summed E-state index contributed by atoms with van der Waals surface area (Å²) in [4.78, 5) is 4.43. The SMILES string of the molecule is Cc1c(C2CCCC2)nc(N)n1C. The van der Waals surface area contributed by atoms with Gasteiger partial charge in [-0.05, 0) is 19.8 Å². The van der Waals surface area contributed by atoms with Crippen molar-refractivity contribution in [2.24, 2.45) is 7.05 Å². The van der Waals surface area contributed by atoms with Crippen molar-refractivity contribution in [3.05, 3.63) is 11.4 Å². The fourth-order valence-corrected chi connectivity index (χ4v) is 2.21. The molecule has 2 rings (SSSR count). The standard InChI is InChI=1S/C10H17N3/c1-7-9(8-5-3-4-6-8)12-10(11)13(7)2/h8H,3-6H2,1-2H3,(H2,11,12). The van der Waals surface area contributed by atoms with Crippen molar-refractivity contribution in [1.29, 1.82) is 0 Å². The van der Waals surface area contributed by atoms with Crippen LogP contribution in [-0.4, -0.2) is 9.55 Å². The van der Waals surface area contributed by atoms with Gasteiger partial charge in [0.2, 0.25) is 0 Å². The zero-order valence-corrected chi connectivity index (χ0v) is 8.38. The number of rotatable bonds is 1. The lowest BCUT2D eigenvalue weighted by Crippen LogP contribution is -1.98. The molecule has 0 unspecified atom stereocenters. The van der Waals surface area contributed by atoms with Crippen molar-refractivity contribution in [1.82, 2.24) is 9.55 Å². The van der Waals surface area contributed by atoms with Crippen molar-refractivity contribution >= 4 is 5.95 Å². The van der Waals surface area contributed by atoms with Crippen LogP contribution in [0.1, 0.15) is 43.0 Å². The van der Waals surface area contributed by atoms with Crippen LogP contribution in [0, 0.1) is 6.92 Å². The minimum atomic E-state index is 0.652. The number of nitrogens with two attached hydrogens (primary N) is 1. The van der Waals surface area contributed by atoms with Crippen LogP contribution >= 0.6 is 0 Å². The molecular weight excluding hydrogens is 162 g/mol. The molecule has 0 radical (unpaired) electrons. The van der Waals surface area contributed by atoms with Crippen LogP contribution in [0.3, 0.4) is 0 Å². The highest BCUT2D eigenvalue weighted by Crippen LogP contribution is 2.35. The highest BCUT2D eigenvalue weighted by Gasteiger charge is 2.22. The van der Waals surface area contributed by atoms with E-state index in [0.29, 0.717) is 11.9 Å². The summed E-state index contributed by atoms with van der Waals surface area (Å²) in [6, 6.07) is 0. The van der Waals surface area contributed by atoms with Crippen LogP contribution in [0.5, 0.6) is 0 Å². The van der Waals surface area contributed by atoms with Gasteiger partial charge in [-0.15, -0.1) is 0 Å². The summed E-state index contributed by atoms with van der Waals surface area (Å²) in [6.45, 7) is 2.11. The zero-order valence-electron chi connectivity index (χ0n) is 8.38. The minimum absolute atomic E-state index is 0.652. The van der Waals surface area contributed by atoms with Gasteiger partial charge in [0, 0.05) is 18.7 Å². The van der Waals surface area contributed by atoms with Gasteiger partial charge in [0.1, 0.15) is 0 Å². The summed E-state index contributed by atoms with van der Waals surface area (Å²) in [5.41, 5.74) is 8.23. The van der Waals surface area contributed by atoms with Crippen LogP contribution in [0.25, 0.3) is 0 Å². The van der Waals surface area contributed by atoms with Gasteiger partial charge < -0.3 is 10.3 Å². The largest absolute Gasteiger partial charge is 0.369 e. The van der Waals surface area contributed by atoms with Gasteiger partial charge in [-0.1, -0.05) is 12.8 Å². The molecule has 1 fully saturated rings. The van der Waals surface area contributed by atoms with E-state index in [4.69, 9.17) is 5.73 Å². The van der Waals surface area contributed by atoms with E-state index >= 15 is 0 Å². The van der Waals surface area contributed by atoms with E-state index in [2.05, 4.69) is 11.9 Å². The van der Waals surface area contributed by atoms with E-state index in [1.165, 1.54) is 37.1 Å². The van der Waals surface area contributed by atoms with Crippen molar-refractivity contribution in [3.8, 4) is 0 Å². The molecule has 1 aromatic rings. The normalized spacial score (nSPS) is 18.3. The number of hydrogen-bond donors (Lipinski definition) is 1. The number of imidazole rings is 1. The lowest BCUT2D eigenvalue weighted by Gasteiger charge is -2.06. The lowest BCUT2D eigenvalue weighted by atomic mass is 10.0. The molecular formula is C10H17N3. The highest BCUT2D eigenvalue weighted by molar-refractivity contribution is 5.30. The van der Waals surface area contributed by atoms with Crippen LogP contribution in [0.15, 0.2) is 0 Å². The van der Waals surface area contributed by atoms with Crippen molar-refractivity contribution < 1.29 is 0 Å². The summed E-state index contributed by atoms with van der Waals surface area (Å²) < 4.78 is 1.98. The highest BCUT2D eigenvalue weighted by atomic mass is 15.1. The molecule has 0 aliphatic heterocycles. The molecule has 1 aliphatic carbocycles. The Morgan fingerprint density at radius 1 is 1.38 bits per heavy atom. The Labute approximate surface area is 79.0 Å². The predicted octanol–water partition coefficient (Wildman–Crippen LogP) is 1.97. The fraction of sp³-hybridized carbons (Fsp3) is 0.700. The van der Waals surface area contributed by atoms with Gasteiger partial charge in [0.05, 0.1) is 5.69 Å². The van der Waals surface area contributed by atoms with E-state index in [-0.39, 0.29) is 0 Å². The molecule has 1 heterocycles. The molecule has 1 saturated carbocycles. The zero-order chi connectivity index (χ0) is 9.42. The molecule has 0 amide bonds. The predicted molar refractivity (Wildman–Crippen MR) is 53.6 cm³/mol. The van der Waals surface area contributed by atoms with Gasteiger partial charge in [-0.3, -0.25) is 0 Å². The first-order valence-corrected chi connectivity index (χ1v) is 4.99. The molecule has 72 valence electrons. The Hall–Kier alpha value is -0.990. The first-order chi connectivity index (χ1) is 6.20. The fourth-order valence-electron chi connectivity index (χ4n) is 2.21. The summed E-state index contributed by atoms with van der Waals surface area (Å²) in [5, 5.41) is 0. The Bertz CT molecular complexity index is 308. The van der Waals surface area contributed by atoms with E-state index in [1.807, 2.05) is 11.6 Å². The summed E-state index contributed by atoms with van der Waals surface area (Å²) in [7, 11) is 1.98. The molecule has 1 aliphatic rings. The number of aromatic nitrogens is 2. The van der Waals surface area contributed by atoms with Crippen LogP contribution in [-0.2, 0) is 7.05 Å². The maximum absolute atomic E-state index is 5.76. The van der Waals surface area contributed by atoms with E-state index in [9.17, 15) is 0 Å². The van der Waals surface area contributed by atoms with Crippen molar-refractivity contribution in [2.75, 3.05) is 5.73 Å². The van der Waals surface area contributed by atoms with E-state index in [1.54, 1.807) is 0 Å². The molecule has 13 heavy (non-hydrogen) atoms. The maximum Gasteiger partial charge on any atom is 0.200 e. The molecule has 3 nitrogen and oxygen atoms in total. The molecule has 0 atom stereocenters. The smallest absolute Gasteiger partial charge is 0.200 e. The Kier molecular flexibility index (Phi) is 2.02. The van der Waals surface area contributed by atoms with E-state index in [0.717, 1.165) is 0 Å². The first-order valence-electron chi connectivity index (χ1n) is 4.99. The third-order valence-electron chi connectivity index (χ3n) is 3.19. The van der Waals surface area contributed by atoms with Crippen LogP contribution in [0.2, 0.25) is 0 Å². The third kappa shape index (κ3) is 1.32. The van der Waals surface area contributed by atoms with Gasteiger partial charge in [-0.25, -0.2) is 4.98 Å². The maximum atomic E-state index is 5.76. The number of anilines is 1. The summed E-state index contributed by atoms with van der Waals surface area (Å²) in [5.74, 6) is 1.32. The lowest BCUT2D eigenvalue weighted by molar-refractivity contribution is 0.693. The number of hydrogen-bond acceptors (Lipinski definition) is 2. The molecule has 0 aromatic carbocycles. The molecule has 2 N–H and O–H groups in total. The average molecular weight is 179 g/mol. The second-order valence-electron chi connectivity index (χ2n) is 3.98. The Morgan fingerprint density at radius 2 is 2.00 bits per heavy atom. The topological polar surface area (TPSA) is 43.8 Å². The first kappa shape index (κ1) is 8.60. The Balaban J connectivity index is 2.34. The van der Waals surface area contributed by atoms with E-state index < -0.39 is 0 Å². The van der Waals surface area contributed by atoms with Crippen LogP contribution in [0.4, 0.5) is 5.95 Å². The van der Waals surface area contributed by atoms with Crippen LogP contribution < -0.4 is 5.73 Å². The molecule has 3 heteroatoms. The third-order valence-corrected chi connectivity index (χ3v) is 3.19. The second kappa shape index (κ2) is 3.05.